The van der Waals surface area contributed by atoms with Gasteiger partial charge in [0.25, 0.3) is 0 Å². The van der Waals surface area contributed by atoms with E-state index in [1.807, 2.05) is 0 Å². The van der Waals surface area contributed by atoms with Crippen LogP contribution in [0.1, 0.15) is 25.0 Å². The van der Waals surface area contributed by atoms with Crippen molar-refractivity contribution in [1.82, 2.24) is 0 Å². The highest BCUT2D eigenvalue weighted by molar-refractivity contribution is 6.20. The van der Waals surface area contributed by atoms with Crippen LogP contribution < -0.4 is 4.90 Å². The first-order valence-corrected chi connectivity index (χ1v) is 17.7. The molecule has 0 unspecified atom stereocenters. The zero-order valence-corrected chi connectivity index (χ0v) is 28.6. The number of benzene rings is 8. The second-order valence-electron chi connectivity index (χ2n) is 14.1. The lowest BCUT2D eigenvalue weighted by atomic mass is 9.82. The SMILES string of the molecule is CC1(C)c2ccccc2-c2c(-c3ccccc3N(c3ccc(-c4ccccc4)cc3)c3cccc4oc5c6ccccc6ccc5c34)cccc21. The molecule has 0 aliphatic heterocycles. The summed E-state index contributed by atoms with van der Waals surface area (Å²) in [4.78, 5) is 2.43. The molecule has 242 valence electrons. The number of anilines is 3. The summed E-state index contributed by atoms with van der Waals surface area (Å²) < 4.78 is 6.72. The highest BCUT2D eigenvalue weighted by atomic mass is 16.3. The summed E-state index contributed by atoms with van der Waals surface area (Å²) in [5.74, 6) is 0. The first-order chi connectivity index (χ1) is 25.1. The van der Waals surface area contributed by atoms with Crippen molar-refractivity contribution in [3.8, 4) is 33.4 Å². The molecule has 9 aromatic rings. The first-order valence-electron chi connectivity index (χ1n) is 17.7. The summed E-state index contributed by atoms with van der Waals surface area (Å²) >= 11 is 0. The highest BCUT2D eigenvalue weighted by Crippen LogP contribution is 2.54. The number of hydrogen-bond acceptors (Lipinski definition) is 2. The van der Waals surface area contributed by atoms with Gasteiger partial charge in [-0.2, -0.15) is 0 Å². The second kappa shape index (κ2) is 11.3. The number of nitrogens with zero attached hydrogens (tertiary/aromatic N) is 1. The average molecular weight is 654 g/mol. The molecule has 0 N–H and O–H groups in total. The van der Waals surface area contributed by atoms with E-state index in [0.29, 0.717) is 0 Å². The topological polar surface area (TPSA) is 16.4 Å². The lowest BCUT2D eigenvalue weighted by Gasteiger charge is -2.29. The van der Waals surface area contributed by atoms with E-state index < -0.39 is 0 Å². The van der Waals surface area contributed by atoms with Crippen molar-refractivity contribution in [1.29, 1.82) is 0 Å². The molecule has 1 aliphatic carbocycles. The van der Waals surface area contributed by atoms with Crippen LogP contribution in [0.4, 0.5) is 17.1 Å². The molecular weight excluding hydrogens is 619 g/mol. The molecule has 0 saturated heterocycles. The minimum Gasteiger partial charge on any atom is -0.455 e. The maximum Gasteiger partial charge on any atom is 0.143 e. The maximum absolute atomic E-state index is 6.72. The molecule has 51 heavy (non-hydrogen) atoms. The van der Waals surface area contributed by atoms with Gasteiger partial charge in [0, 0.05) is 27.4 Å². The molecule has 0 saturated carbocycles. The fourth-order valence-corrected chi connectivity index (χ4v) is 8.44. The Hall–Kier alpha value is -6.38. The minimum atomic E-state index is -0.0894. The van der Waals surface area contributed by atoms with E-state index >= 15 is 0 Å². The van der Waals surface area contributed by atoms with Gasteiger partial charge in [0.2, 0.25) is 0 Å². The molecule has 2 nitrogen and oxygen atoms in total. The normalized spacial score (nSPS) is 13.1. The molecule has 0 radical (unpaired) electrons. The van der Waals surface area contributed by atoms with Gasteiger partial charge in [-0.1, -0.05) is 153 Å². The van der Waals surface area contributed by atoms with Crippen molar-refractivity contribution in [2.75, 3.05) is 4.90 Å². The average Bonchev–Trinajstić information content (AvgIpc) is 3.69. The fraction of sp³-hybridized carbons (Fsp3) is 0.0612. The van der Waals surface area contributed by atoms with Gasteiger partial charge in [-0.05, 0) is 80.7 Å². The zero-order chi connectivity index (χ0) is 34.1. The Balaban J connectivity index is 1.25. The fourth-order valence-electron chi connectivity index (χ4n) is 8.44. The van der Waals surface area contributed by atoms with E-state index in [1.165, 1.54) is 49.9 Å². The molecule has 0 bridgehead atoms. The largest absolute Gasteiger partial charge is 0.455 e. The van der Waals surface area contributed by atoms with Crippen LogP contribution in [0.15, 0.2) is 180 Å². The number of fused-ring (bicyclic) bond motifs is 8. The Labute approximate surface area is 297 Å². The number of furan rings is 1. The van der Waals surface area contributed by atoms with Crippen molar-refractivity contribution in [2.24, 2.45) is 0 Å². The van der Waals surface area contributed by atoms with Crippen LogP contribution in [-0.4, -0.2) is 0 Å². The Morgan fingerprint density at radius 1 is 0.451 bits per heavy atom. The van der Waals surface area contributed by atoms with E-state index in [1.54, 1.807) is 0 Å². The van der Waals surface area contributed by atoms with E-state index in [4.69, 9.17) is 4.42 Å². The molecule has 1 aliphatic rings. The molecular formula is C49H35NO. The zero-order valence-electron chi connectivity index (χ0n) is 28.6. The van der Waals surface area contributed by atoms with E-state index in [0.717, 1.165) is 44.4 Å². The Kier molecular flexibility index (Phi) is 6.56. The van der Waals surface area contributed by atoms with E-state index in [9.17, 15) is 0 Å². The van der Waals surface area contributed by atoms with E-state index in [-0.39, 0.29) is 5.41 Å². The summed E-state index contributed by atoms with van der Waals surface area (Å²) in [5.41, 5.74) is 15.2. The summed E-state index contributed by atoms with van der Waals surface area (Å²) in [6.07, 6.45) is 0. The van der Waals surface area contributed by atoms with Crippen LogP contribution >= 0.6 is 0 Å². The van der Waals surface area contributed by atoms with Crippen molar-refractivity contribution in [3.63, 3.8) is 0 Å². The van der Waals surface area contributed by atoms with Gasteiger partial charge in [-0.3, -0.25) is 0 Å². The van der Waals surface area contributed by atoms with Gasteiger partial charge in [0.05, 0.1) is 16.8 Å². The van der Waals surface area contributed by atoms with Crippen LogP contribution in [0.5, 0.6) is 0 Å². The van der Waals surface area contributed by atoms with Gasteiger partial charge in [-0.15, -0.1) is 0 Å². The predicted molar refractivity (Wildman–Crippen MR) is 214 cm³/mol. The number of hydrogen-bond donors (Lipinski definition) is 0. The van der Waals surface area contributed by atoms with E-state index in [2.05, 4.69) is 195 Å². The molecule has 10 rings (SSSR count). The summed E-state index contributed by atoms with van der Waals surface area (Å²) in [5, 5.41) is 4.51. The number of para-hydroxylation sites is 1. The Morgan fingerprint density at radius 2 is 1.10 bits per heavy atom. The first kappa shape index (κ1) is 29.5. The monoisotopic (exact) mass is 653 g/mol. The van der Waals surface area contributed by atoms with Crippen molar-refractivity contribution >= 4 is 49.8 Å². The summed E-state index contributed by atoms with van der Waals surface area (Å²) in [6, 6.07) is 63.6. The van der Waals surface area contributed by atoms with Crippen LogP contribution in [-0.2, 0) is 5.41 Å². The smallest absolute Gasteiger partial charge is 0.143 e. The van der Waals surface area contributed by atoms with Crippen LogP contribution in [0.2, 0.25) is 0 Å². The lowest BCUT2D eigenvalue weighted by molar-refractivity contribution is 0.660. The Bertz CT molecular complexity index is 2770. The summed E-state index contributed by atoms with van der Waals surface area (Å²) in [6.45, 7) is 4.70. The lowest BCUT2D eigenvalue weighted by Crippen LogP contribution is -2.15. The maximum atomic E-state index is 6.72. The second-order valence-corrected chi connectivity index (χ2v) is 14.1. The molecule has 1 aromatic heterocycles. The molecule has 1 heterocycles. The van der Waals surface area contributed by atoms with Crippen LogP contribution in [0.25, 0.3) is 66.1 Å². The quantitative estimate of drug-likeness (QED) is 0.184. The standard InChI is InChI=1S/C49H35NO/c1-49(2)41-21-10-8-19-39(41)46-38(20-12-22-42(46)49)37-18-9-11-23-43(37)50(35-29-26-33(27-30-35)32-14-4-3-5-15-32)44-24-13-25-45-47(44)40-31-28-34-16-6-7-17-36(34)48(40)51-45/h3-31H,1-2H3. The van der Waals surface area contributed by atoms with Crippen molar-refractivity contribution in [2.45, 2.75) is 19.3 Å². The van der Waals surface area contributed by atoms with Crippen LogP contribution in [0.3, 0.4) is 0 Å². The Morgan fingerprint density at radius 3 is 1.96 bits per heavy atom. The van der Waals surface area contributed by atoms with Gasteiger partial charge < -0.3 is 9.32 Å². The molecule has 8 aromatic carbocycles. The predicted octanol–water partition coefficient (Wildman–Crippen LogP) is 13.8. The van der Waals surface area contributed by atoms with Gasteiger partial charge in [0.1, 0.15) is 11.2 Å². The van der Waals surface area contributed by atoms with Gasteiger partial charge in [-0.25, -0.2) is 0 Å². The van der Waals surface area contributed by atoms with Crippen LogP contribution in [0, 0.1) is 0 Å². The minimum absolute atomic E-state index is 0.0894. The third kappa shape index (κ3) is 4.50. The molecule has 2 heteroatoms. The van der Waals surface area contributed by atoms with Gasteiger partial charge in [0.15, 0.2) is 0 Å². The van der Waals surface area contributed by atoms with Gasteiger partial charge >= 0.3 is 0 Å². The van der Waals surface area contributed by atoms with Crippen molar-refractivity contribution in [3.05, 3.63) is 187 Å². The third-order valence-corrected chi connectivity index (χ3v) is 10.9. The highest BCUT2D eigenvalue weighted by Gasteiger charge is 2.37. The third-order valence-electron chi connectivity index (χ3n) is 10.9. The number of rotatable bonds is 5. The van der Waals surface area contributed by atoms with Crippen molar-refractivity contribution < 1.29 is 4.42 Å². The summed E-state index contributed by atoms with van der Waals surface area (Å²) in [7, 11) is 0. The molecule has 0 amide bonds. The molecule has 0 fully saturated rings. The molecule has 0 spiro atoms. The molecule has 0 atom stereocenters.